The van der Waals surface area contributed by atoms with E-state index in [0.29, 0.717) is 25.2 Å². The monoisotopic (exact) mass is 341 g/mol. The number of carbonyl (C=O) groups excluding carboxylic acids is 1. The largest absolute Gasteiger partial charge is 0.353 e. The van der Waals surface area contributed by atoms with E-state index in [1.54, 1.807) is 0 Å². The average molecular weight is 341 g/mol. The first-order valence-electron chi connectivity index (χ1n) is 9.18. The molecule has 1 saturated carbocycles. The second-order valence-corrected chi connectivity index (χ2v) is 7.36. The number of carbonyl (C=O) groups is 1. The van der Waals surface area contributed by atoms with Gasteiger partial charge < -0.3 is 5.32 Å². The molecular weight excluding hydrogens is 314 g/mol. The SMILES string of the molecule is C#CCCC1(CCC(=O)NC2CCCC2Cc2cc(C)nn2C)N=N1. The normalized spacial score (nSPS) is 23.4. The molecule has 0 spiro atoms. The topological polar surface area (TPSA) is 71.6 Å². The lowest BCUT2D eigenvalue weighted by atomic mass is 9.96. The number of aromatic nitrogens is 2. The first kappa shape index (κ1) is 17.7. The molecule has 2 heterocycles. The molecule has 2 aliphatic rings. The number of hydrogen-bond acceptors (Lipinski definition) is 4. The van der Waals surface area contributed by atoms with Gasteiger partial charge in [-0.1, -0.05) is 6.42 Å². The van der Waals surface area contributed by atoms with Gasteiger partial charge >= 0.3 is 0 Å². The van der Waals surface area contributed by atoms with Crippen LogP contribution in [0.3, 0.4) is 0 Å². The third-order valence-electron chi connectivity index (χ3n) is 5.38. The summed E-state index contributed by atoms with van der Waals surface area (Å²) in [6.45, 7) is 2.02. The summed E-state index contributed by atoms with van der Waals surface area (Å²) >= 11 is 0. The van der Waals surface area contributed by atoms with E-state index in [2.05, 4.69) is 32.6 Å². The van der Waals surface area contributed by atoms with Crippen LogP contribution in [-0.4, -0.2) is 27.4 Å². The fraction of sp³-hybridized carbons (Fsp3) is 0.684. The van der Waals surface area contributed by atoms with Gasteiger partial charge in [-0.3, -0.25) is 9.48 Å². The van der Waals surface area contributed by atoms with Crippen molar-refractivity contribution >= 4 is 5.91 Å². The molecule has 134 valence electrons. The minimum absolute atomic E-state index is 0.107. The van der Waals surface area contributed by atoms with Crippen molar-refractivity contribution in [2.75, 3.05) is 0 Å². The molecule has 1 aliphatic heterocycles. The van der Waals surface area contributed by atoms with Crippen LogP contribution in [0.25, 0.3) is 0 Å². The highest BCUT2D eigenvalue weighted by Crippen LogP contribution is 2.37. The number of amides is 1. The molecule has 0 radical (unpaired) electrons. The van der Waals surface area contributed by atoms with Gasteiger partial charge in [0.15, 0.2) is 5.66 Å². The zero-order valence-corrected chi connectivity index (χ0v) is 15.2. The lowest BCUT2D eigenvalue weighted by Gasteiger charge is -2.21. The maximum atomic E-state index is 12.4. The van der Waals surface area contributed by atoms with Crippen LogP contribution >= 0.6 is 0 Å². The Bertz CT molecular complexity index is 693. The molecule has 1 aromatic heterocycles. The van der Waals surface area contributed by atoms with E-state index in [9.17, 15) is 4.79 Å². The van der Waals surface area contributed by atoms with Crippen molar-refractivity contribution in [3.8, 4) is 12.3 Å². The lowest BCUT2D eigenvalue weighted by molar-refractivity contribution is -0.122. The number of terminal acetylenes is 1. The standard InChI is InChI=1S/C19H27N5O/c1-4-5-10-19(22-23-19)11-9-18(25)20-17-8-6-7-15(17)13-16-12-14(2)21-24(16)3/h1,12,15,17H,5-11,13H2,2-3H3,(H,20,25). The molecule has 25 heavy (non-hydrogen) atoms. The van der Waals surface area contributed by atoms with Crippen molar-refractivity contribution in [3.05, 3.63) is 17.5 Å². The third-order valence-corrected chi connectivity index (χ3v) is 5.38. The Morgan fingerprint density at radius 2 is 2.24 bits per heavy atom. The predicted molar refractivity (Wildman–Crippen MR) is 95.8 cm³/mol. The predicted octanol–water partition coefficient (Wildman–Crippen LogP) is 2.91. The third kappa shape index (κ3) is 4.47. The highest BCUT2D eigenvalue weighted by atomic mass is 16.1. The summed E-state index contributed by atoms with van der Waals surface area (Å²) in [5.41, 5.74) is 1.92. The maximum Gasteiger partial charge on any atom is 0.220 e. The zero-order chi connectivity index (χ0) is 17.9. The first-order valence-corrected chi connectivity index (χ1v) is 9.18. The molecule has 1 N–H and O–H groups in total. The highest BCUT2D eigenvalue weighted by molar-refractivity contribution is 5.76. The van der Waals surface area contributed by atoms with Gasteiger partial charge in [-0.15, -0.1) is 12.3 Å². The molecule has 6 heteroatoms. The summed E-state index contributed by atoms with van der Waals surface area (Å²) in [5.74, 6) is 3.21. The summed E-state index contributed by atoms with van der Waals surface area (Å²) in [5, 5.41) is 15.9. The Labute approximate surface area is 149 Å². The molecule has 6 nitrogen and oxygen atoms in total. The van der Waals surface area contributed by atoms with Gasteiger partial charge in [0, 0.05) is 44.5 Å². The van der Waals surface area contributed by atoms with Crippen LogP contribution < -0.4 is 5.32 Å². The molecular formula is C19H27N5O. The molecule has 1 amide bonds. The van der Waals surface area contributed by atoms with Gasteiger partial charge in [0.05, 0.1) is 5.69 Å². The fourth-order valence-electron chi connectivity index (χ4n) is 3.86. The summed E-state index contributed by atoms with van der Waals surface area (Å²) in [6, 6.07) is 2.40. The van der Waals surface area contributed by atoms with Crippen LogP contribution in [0.15, 0.2) is 16.3 Å². The van der Waals surface area contributed by atoms with E-state index in [1.807, 2.05) is 18.7 Å². The van der Waals surface area contributed by atoms with Crippen molar-refractivity contribution in [1.29, 1.82) is 0 Å². The van der Waals surface area contributed by atoms with Crippen molar-refractivity contribution in [2.45, 2.75) is 70.0 Å². The highest BCUT2D eigenvalue weighted by Gasteiger charge is 2.39. The van der Waals surface area contributed by atoms with Crippen LogP contribution in [0.4, 0.5) is 0 Å². The van der Waals surface area contributed by atoms with Gasteiger partial charge in [-0.2, -0.15) is 15.3 Å². The van der Waals surface area contributed by atoms with E-state index in [4.69, 9.17) is 6.42 Å². The van der Waals surface area contributed by atoms with Crippen molar-refractivity contribution < 1.29 is 4.79 Å². The average Bonchev–Trinajstić information content (AvgIpc) is 3.11. The summed E-state index contributed by atoms with van der Waals surface area (Å²) in [4.78, 5) is 12.4. The Balaban J connectivity index is 1.47. The number of nitrogens with one attached hydrogen (secondary N) is 1. The molecule has 0 bridgehead atoms. The molecule has 2 atom stereocenters. The number of rotatable bonds is 8. The maximum absolute atomic E-state index is 12.4. The molecule has 1 aliphatic carbocycles. The van der Waals surface area contributed by atoms with Gasteiger partial charge in [0.1, 0.15) is 0 Å². The van der Waals surface area contributed by atoms with Crippen LogP contribution in [0.2, 0.25) is 0 Å². The van der Waals surface area contributed by atoms with Crippen molar-refractivity contribution in [3.63, 3.8) is 0 Å². The summed E-state index contributed by atoms with van der Waals surface area (Å²) in [7, 11) is 1.99. The van der Waals surface area contributed by atoms with E-state index >= 15 is 0 Å². The van der Waals surface area contributed by atoms with Gasteiger partial charge in [-0.25, -0.2) is 0 Å². The van der Waals surface area contributed by atoms with Crippen molar-refractivity contribution in [1.82, 2.24) is 15.1 Å². The Morgan fingerprint density at radius 1 is 1.44 bits per heavy atom. The zero-order valence-electron chi connectivity index (χ0n) is 15.2. The molecule has 0 saturated heterocycles. The molecule has 3 rings (SSSR count). The Morgan fingerprint density at radius 3 is 2.88 bits per heavy atom. The van der Waals surface area contributed by atoms with Crippen LogP contribution in [0.1, 0.15) is 56.3 Å². The quantitative estimate of drug-likeness (QED) is 0.739. The minimum atomic E-state index is -0.370. The molecule has 1 aromatic rings. The smallest absolute Gasteiger partial charge is 0.220 e. The van der Waals surface area contributed by atoms with E-state index in [0.717, 1.165) is 31.4 Å². The molecule has 2 unspecified atom stereocenters. The van der Waals surface area contributed by atoms with Gasteiger partial charge in [0.25, 0.3) is 0 Å². The first-order chi connectivity index (χ1) is 12.0. The van der Waals surface area contributed by atoms with E-state index in [-0.39, 0.29) is 17.6 Å². The second-order valence-electron chi connectivity index (χ2n) is 7.36. The minimum Gasteiger partial charge on any atom is -0.353 e. The Kier molecular flexibility index (Phi) is 5.22. The second kappa shape index (κ2) is 7.38. The van der Waals surface area contributed by atoms with E-state index < -0.39 is 0 Å². The number of hydrogen-bond donors (Lipinski definition) is 1. The molecule has 1 fully saturated rings. The van der Waals surface area contributed by atoms with Crippen LogP contribution in [0, 0.1) is 25.2 Å². The van der Waals surface area contributed by atoms with Gasteiger partial charge in [0.2, 0.25) is 5.91 Å². The lowest BCUT2D eigenvalue weighted by Crippen LogP contribution is -2.38. The number of nitrogens with zero attached hydrogens (tertiary/aromatic N) is 4. The van der Waals surface area contributed by atoms with Gasteiger partial charge in [-0.05, 0) is 38.2 Å². The van der Waals surface area contributed by atoms with Crippen LogP contribution in [0.5, 0.6) is 0 Å². The fourth-order valence-corrected chi connectivity index (χ4v) is 3.86. The van der Waals surface area contributed by atoms with E-state index in [1.165, 1.54) is 12.1 Å². The van der Waals surface area contributed by atoms with Crippen LogP contribution in [-0.2, 0) is 18.3 Å². The summed E-state index contributed by atoms with van der Waals surface area (Å²) < 4.78 is 1.96. The Hall–Kier alpha value is -2.16. The molecule has 0 aromatic carbocycles. The van der Waals surface area contributed by atoms with Crippen molar-refractivity contribution in [2.24, 2.45) is 23.2 Å². The number of aryl methyl sites for hydroxylation is 2. The summed E-state index contributed by atoms with van der Waals surface area (Å²) in [6.07, 6.45) is 12.2.